The van der Waals surface area contributed by atoms with Crippen LogP contribution in [0, 0.1) is 0 Å². The summed E-state index contributed by atoms with van der Waals surface area (Å²) in [5, 5.41) is 2.12. The summed E-state index contributed by atoms with van der Waals surface area (Å²) < 4.78 is 4.83. The Balaban J connectivity index is 0.000000124. The first-order valence-electron chi connectivity index (χ1n) is 5.74. The molecule has 2 N–H and O–H groups in total. The van der Waals surface area contributed by atoms with Crippen molar-refractivity contribution in [2.75, 3.05) is 5.73 Å². The number of nitrogens with zero attached hydrogens (tertiary/aromatic N) is 1. The molecule has 6 heteroatoms. The number of aromatic nitrogens is 1. The molecule has 2 aromatic heterocycles. The van der Waals surface area contributed by atoms with Crippen molar-refractivity contribution in [1.29, 1.82) is 0 Å². The van der Waals surface area contributed by atoms with Crippen molar-refractivity contribution in [2.45, 2.75) is 0 Å². The topological polar surface area (TPSA) is 69.1 Å². The van der Waals surface area contributed by atoms with Gasteiger partial charge >= 0.3 is 0 Å². The summed E-state index contributed by atoms with van der Waals surface area (Å²) in [6.45, 7) is 0. The van der Waals surface area contributed by atoms with Crippen LogP contribution in [0.2, 0.25) is 0 Å². The molecular weight excluding hydrogens is 340 g/mol. The number of halogens is 1. The molecule has 0 amide bonds. The number of hydrogen-bond donors (Lipinski definition) is 1. The predicted molar refractivity (Wildman–Crippen MR) is 83.6 cm³/mol. The Hall–Kier alpha value is -1.92. The predicted octanol–water partition coefficient (Wildman–Crippen LogP) is 3.78. The number of anilines is 1. The lowest BCUT2D eigenvalue weighted by atomic mass is 9.86. The first kappa shape index (κ1) is 13.1. The number of rotatable bonds is 1. The van der Waals surface area contributed by atoms with Gasteiger partial charge in [-0.1, -0.05) is 18.2 Å². The van der Waals surface area contributed by atoms with Gasteiger partial charge in [0.25, 0.3) is 11.6 Å². The molecule has 0 bridgehead atoms. The molecule has 20 heavy (non-hydrogen) atoms. The maximum Gasteiger partial charge on any atom is 0.295 e. The molecule has 2 aromatic rings. The third-order valence-corrected chi connectivity index (χ3v) is 4.25. The second-order valence-corrected chi connectivity index (χ2v) is 5.88. The standard InChI is InChI=1S/C10H6S.C4H3BrN2O2/c1-2-10(11-5-1)9-6-7-3-4-8(7)9;5-2-1-9-4(6)7-3(2)8/h1-6H;1H,(H2,6,7,8). The van der Waals surface area contributed by atoms with E-state index < -0.39 is 5.56 Å². The van der Waals surface area contributed by atoms with Gasteiger partial charge in [0.1, 0.15) is 10.7 Å². The second kappa shape index (κ2) is 5.22. The number of nitrogen functional groups attached to an aromatic ring is 1. The van der Waals surface area contributed by atoms with Gasteiger partial charge in [0.05, 0.1) is 0 Å². The molecule has 4 nitrogen and oxygen atoms in total. The third-order valence-electron chi connectivity index (χ3n) is 2.82. The Kier molecular flexibility index (Phi) is 3.42. The highest BCUT2D eigenvalue weighted by atomic mass is 79.9. The van der Waals surface area contributed by atoms with Crippen molar-refractivity contribution in [3.8, 4) is 21.6 Å². The summed E-state index contributed by atoms with van der Waals surface area (Å²) in [4.78, 5) is 15.2. The molecular formula is C14H9BrN2O2S. The summed E-state index contributed by atoms with van der Waals surface area (Å²) in [6.07, 6.45) is 1.20. The van der Waals surface area contributed by atoms with Crippen molar-refractivity contribution in [1.82, 2.24) is 4.98 Å². The van der Waals surface area contributed by atoms with Crippen LogP contribution in [0.4, 0.5) is 6.01 Å². The van der Waals surface area contributed by atoms with Crippen molar-refractivity contribution in [2.24, 2.45) is 0 Å². The molecule has 0 atom stereocenters. The molecule has 0 radical (unpaired) electrons. The molecule has 0 spiro atoms. The lowest BCUT2D eigenvalue weighted by Crippen LogP contribution is -2.07. The van der Waals surface area contributed by atoms with Gasteiger partial charge in [-0.2, -0.15) is 4.98 Å². The third kappa shape index (κ3) is 2.39. The molecule has 0 fully saturated rings. The Labute approximate surface area is 127 Å². The van der Waals surface area contributed by atoms with Crippen LogP contribution in [0.15, 0.2) is 55.7 Å². The van der Waals surface area contributed by atoms with Crippen molar-refractivity contribution < 1.29 is 4.42 Å². The summed E-state index contributed by atoms with van der Waals surface area (Å²) >= 11 is 4.72. The smallest absolute Gasteiger partial charge is 0.295 e. The van der Waals surface area contributed by atoms with Gasteiger partial charge < -0.3 is 10.2 Å². The molecule has 4 rings (SSSR count). The molecule has 0 aromatic carbocycles. The minimum atomic E-state index is -0.418. The quantitative estimate of drug-likeness (QED) is 0.568. The van der Waals surface area contributed by atoms with Crippen LogP contribution < -0.4 is 11.3 Å². The molecule has 2 aliphatic carbocycles. The fourth-order valence-corrected chi connectivity index (χ4v) is 2.71. The van der Waals surface area contributed by atoms with Crippen LogP contribution in [-0.4, -0.2) is 4.98 Å². The van der Waals surface area contributed by atoms with Crippen LogP contribution >= 0.6 is 27.3 Å². The van der Waals surface area contributed by atoms with E-state index in [1.807, 2.05) is 11.3 Å². The SMILES string of the molecule is Nc1nc(=O)c(Br)co1.c1csc(-c2cc3ccc2-3)c1. The molecule has 0 saturated heterocycles. The van der Waals surface area contributed by atoms with Crippen LogP contribution in [0.25, 0.3) is 21.6 Å². The average molecular weight is 349 g/mol. The minimum absolute atomic E-state index is 0.122. The molecule has 0 unspecified atom stereocenters. The van der Waals surface area contributed by atoms with Gasteiger partial charge in [0.15, 0.2) is 0 Å². The Bertz CT molecular complexity index is 812. The maximum absolute atomic E-state index is 10.5. The van der Waals surface area contributed by atoms with Crippen LogP contribution in [0.5, 0.6) is 0 Å². The molecule has 2 heterocycles. The number of thiophene rings is 1. The Morgan fingerprint density at radius 3 is 2.55 bits per heavy atom. The maximum atomic E-state index is 10.5. The summed E-state index contributed by atoms with van der Waals surface area (Å²) in [5.41, 5.74) is 8.92. The Morgan fingerprint density at radius 2 is 2.10 bits per heavy atom. The second-order valence-electron chi connectivity index (χ2n) is 4.08. The summed E-state index contributed by atoms with van der Waals surface area (Å²) in [7, 11) is 0. The molecule has 0 aliphatic heterocycles. The van der Waals surface area contributed by atoms with Crippen LogP contribution in [0.3, 0.4) is 0 Å². The van der Waals surface area contributed by atoms with Crippen molar-refractivity contribution in [3.63, 3.8) is 0 Å². The van der Waals surface area contributed by atoms with E-state index in [2.05, 4.69) is 61.0 Å². The largest absolute Gasteiger partial charge is 0.433 e. The highest BCUT2D eigenvalue weighted by Gasteiger charge is 2.17. The van der Waals surface area contributed by atoms with E-state index in [4.69, 9.17) is 5.73 Å². The summed E-state index contributed by atoms with van der Waals surface area (Å²) in [6, 6.07) is 10.7. The minimum Gasteiger partial charge on any atom is -0.433 e. The van der Waals surface area contributed by atoms with Gasteiger partial charge in [0, 0.05) is 10.4 Å². The summed E-state index contributed by atoms with van der Waals surface area (Å²) in [5.74, 6) is 0. The van der Waals surface area contributed by atoms with E-state index in [-0.39, 0.29) is 10.5 Å². The number of nitrogens with two attached hydrogens (primary N) is 1. The number of benzene rings is 1. The van der Waals surface area contributed by atoms with Gasteiger partial charge in [0.2, 0.25) is 0 Å². The highest BCUT2D eigenvalue weighted by Crippen LogP contribution is 2.44. The van der Waals surface area contributed by atoms with Gasteiger partial charge in [-0.05, 0) is 44.6 Å². The first-order valence-corrected chi connectivity index (χ1v) is 7.41. The Morgan fingerprint density at radius 1 is 1.25 bits per heavy atom. The first-order chi connectivity index (χ1) is 9.65. The average Bonchev–Trinajstić information content (AvgIpc) is 2.92. The monoisotopic (exact) mass is 348 g/mol. The fourth-order valence-electron chi connectivity index (χ4n) is 1.77. The fraction of sp³-hybridized carbons (Fsp3) is 0. The van der Waals surface area contributed by atoms with Crippen LogP contribution in [-0.2, 0) is 0 Å². The van der Waals surface area contributed by atoms with Gasteiger partial charge in [-0.25, -0.2) is 0 Å². The van der Waals surface area contributed by atoms with E-state index in [1.54, 1.807) is 0 Å². The lowest BCUT2D eigenvalue weighted by Gasteiger charge is -2.19. The highest BCUT2D eigenvalue weighted by molar-refractivity contribution is 9.10. The zero-order valence-corrected chi connectivity index (χ0v) is 12.6. The number of hydrogen-bond acceptors (Lipinski definition) is 5. The van der Waals surface area contributed by atoms with Gasteiger partial charge in [-0.15, -0.1) is 11.3 Å². The van der Waals surface area contributed by atoms with E-state index in [9.17, 15) is 4.79 Å². The van der Waals surface area contributed by atoms with E-state index in [1.165, 1.54) is 27.8 Å². The van der Waals surface area contributed by atoms with Crippen molar-refractivity contribution >= 4 is 33.3 Å². The van der Waals surface area contributed by atoms with E-state index in [0.717, 1.165) is 0 Å². The number of fused-ring (bicyclic) bond motifs is 1. The molecule has 100 valence electrons. The van der Waals surface area contributed by atoms with E-state index >= 15 is 0 Å². The van der Waals surface area contributed by atoms with Crippen LogP contribution in [0.1, 0.15) is 0 Å². The van der Waals surface area contributed by atoms with E-state index in [0.29, 0.717) is 0 Å². The normalized spacial score (nSPS) is 10.7. The van der Waals surface area contributed by atoms with Crippen molar-refractivity contribution in [3.05, 3.63) is 56.8 Å². The molecule has 2 aliphatic rings. The zero-order chi connectivity index (χ0) is 14.1. The van der Waals surface area contributed by atoms with Gasteiger partial charge in [-0.3, -0.25) is 4.79 Å². The zero-order valence-electron chi connectivity index (χ0n) is 10.2. The molecule has 0 saturated carbocycles. The lowest BCUT2D eigenvalue weighted by molar-refractivity contribution is 0.544.